The van der Waals surface area contributed by atoms with E-state index in [2.05, 4.69) is 10.1 Å². The molecule has 1 N–H and O–H groups in total. The maximum Gasteiger partial charge on any atom is 0.265 e. The van der Waals surface area contributed by atoms with Crippen molar-refractivity contribution >= 4 is 27.4 Å². The highest BCUT2D eigenvalue weighted by Gasteiger charge is 2.31. The highest BCUT2D eigenvalue weighted by atomic mass is 32.2. The molecule has 2 aromatic carbocycles. The summed E-state index contributed by atoms with van der Waals surface area (Å²) in [5.74, 6) is -0.536. The van der Waals surface area contributed by atoms with Gasteiger partial charge in [0.15, 0.2) is 5.82 Å². The molecule has 0 bridgehead atoms. The SMILES string of the molecule is Cc1ccc(S(=O)(=O)N(C)c2c(C(=O)N(Cc3ccccn3)c3ccccc3O)cnn2C)cc1. The molecule has 4 rings (SSSR count). The number of hydrogen-bond donors (Lipinski definition) is 1. The van der Waals surface area contributed by atoms with Crippen molar-refractivity contribution in [3.05, 3.63) is 95.9 Å². The summed E-state index contributed by atoms with van der Waals surface area (Å²) in [5.41, 5.74) is 1.85. The number of aromatic hydroxyl groups is 1. The molecule has 0 aliphatic carbocycles. The van der Waals surface area contributed by atoms with Gasteiger partial charge in [0.2, 0.25) is 0 Å². The van der Waals surface area contributed by atoms with Crippen LogP contribution in [0.5, 0.6) is 5.75 Å². The van der Waals surface area contributed by atoms with Gasteiger partial charge in [0.1, 0.15) is 11.3 Å². The van der Waals surface area contributed by atoms with Gasteiger partial charge in [0.25, 0.3) is 15.9 Å². The Balaban J connectivity index is 1.78. The zero-order chi connectivity index (χ0) is 25.2. The molecule has 0 fully saturated rings. The number of sulfonamides is 1. The molecule has 10 heteroatoms. The van der Waals surface area contributed by atoms with Gasteiger partial charge >= 0.3 is 0 Å². The lowest BCUT2D eigenvalue weighted by atomic mass is 10.2. The number of amides is 1. The number of benzene rings is 2. The zero-order valence-electron chi connectivity index (χ0n) is 19.5. The van der Waals surface area contributed by atoms with Gasteiger partial charge in [-0.3, -0.25) is 23.7 Å². The first kappa shape index (κ1) is 24.0. The fourth-order valence-electron chi connectivity index (χ4n) is 3.70. The van der Waals surface area contributed by atoms with E-state index in [4.69, 9.17) is 0 Å². The molecular weight excluding hydrogens is 466 g/mol. The topological polar surface area (TPSA) is 109 Å². The van der Waals surface area contributed by atoms with Crippen molar-refractivity contribution < 1.29 is 18.3 Å². The second-order valence-corrected chi connectivity index (χ2v) is 9.96. The molecule has 0 atom stereocenters. The molecule has 0 unspecified atom stereocenters. The van der Waals surface area contributed by atoms with Crippen molar-refractivity contribution in [3.63, 3.8) is 0 Å². The molecule has 0 aliphatic heterocycles. The molecule has 0 radical (unpaired) electrons. The van der Waals surface area contributed by atoms with Crippen molar-refractivity contribution in [2.45, 2.75) is 18.4 Å². The molecule has 2 heterocycles. The first-order valence-corrected chi connectivity index (χ1v) is 12.2. The van der Waals surface area contributed by atoms with E-state index >= 15 is 0 Å². The Bertz CT molecular complexity index is 1450. The van der Waals surface area contributed by atoms with Gasteiger partial charge in [0.05, 0.1) is 29.0 Å². The Morgan fingerprint density at radius 1 is 1.03 bits per heavy atom. The monoisotopic (exact) mass is 491 g/mol. The molecule has 0 spiro atoms. The van der Waals surface area contributed by atoms with E-state index < -0.39 is 15.9 Å². The van der Waals surface area contributed by atoms with Crippen molar-refractivity contribution in [1.29, 1.82) is 0 Å². The van der Waals surface area contributed by atoms with Crippen LogP contribution in [-0.2, 0) is 23.6 Å². The Morgan fingerprint density at radius 3 is 2.37 bits per heavy atom. The maximum absolute atomic E-state index is 13.9. The number of hydrogen-bond acceptors (Lipinski definition) is 6. The van der Waals surface area contributed by atoms with Crippen LogP contribution in [0.1, 0.15) is 21.6 Å². The van der Waals surface area contributed by atoms with E-state index in [9.17, 15) is 18.3 Å². The van der Waals surface area contributed by atoms with Gasteiger partial charge in [0, 0.05) is 20.3 Å². The van der Waals surface area contributed by atoms with Crippen LogP contribution in [0.3, 0.4) is 0 Å². The second-order valence-electron chi connectivity index (χ2n) is 7.99. The summed E-state index contributed by atoms with van der Waals surface area (Å²) in [6.07, 6.45) is 2.94. The number of phenols is 1. The molecule has 2 aromatic heterocycles. The average molecular weight is 492 g/mol. The lowest BCUT2D eigenvalue weighted by molar-refractivity contribution is 0.0984. The summed E-state index contributed by atoms with van der Waals surface area (Å²) in [6, 6.07) is 18.2. The number of pyridine rings is 1. The third-order valence-electron chi connectivity index (χ3n) is 5.58. The van der Waals surface area contributed by atoms with Crippen molar-refractivity contribution in [1.82, 2.24) is 14.8 Å². The normalized spacial score (nSPS) is 11.3. The Labute approximate surface area is 203 Å². The van der Waals surface area contributed by atoms with Crippen molar-refractivity contribution in [2.24, 2.45) is 7.05 Å². The molecule has 0 aliphatic rings. The fourth-order valence-corrected chi connectivity index (χ4v) is 4.94. The summed E-state index contributed by atoms with van der Waals surface area (Å²) in [7, 11) is -1.03. The van der Waals surface area contributed by atoms with Crippen molar-refractivity contribution in [2.75, 3.05) is 16.3 Å². The Kier molecular flexibility index (Phi) is 6.57. The Morgan fingerprint density at radius 2 is 1.71 bits per heavy atom. The van der Waals surface area contributed by atoms with E-state index in [0.717, 1.165) is 9.87 Å². The van der Waals surface area contributed by atoms with Crippen LogP contribution in [0.15, 0.2) is 84.0 Å². The van der Waals surface area contributed by atoms with Crippen LogP contribution in [-0.4, -0.2) is 41.2 Å². The van der Waals surface area contributed by atoms with E-state index in [-0.39, 0.29) is 34.3 Å². The van der Waals surface area contributed by atoms with Crippen LogP contribution in [0.25, 0.3) is 0 Å². The minimum absolute atomic E-state index is 0.0556. The molecule has 180 valence electrons. The number of rotatable bonds is 7. The largest absolute Gasteiger partial charge is 0.506 e. The number of para-hydroxylation sites is 2. The fraction of sp³-hybridized carbons (Fsp3) is 0.160. The van der Waals surface area contributed by atoms with Gasteiger partial charge < -0.3 is 5.11 Å². The minimum Gasteiger partial charge on any atom is -0.506 e. The summed E-state index contributed by atoms with van der Waals surface area (Å²) in [4.78, 5) is 19.6. The number of anilines is 2. The highest BCUT2D eigenvalue weighted by molar-refractivity contribution is 7.92. The third-order valence-corrected chi connectivity index (χ3v) is 7.34. The summed E-state index contributed by atoms with van der Waals surface area (Å²) < 4.78 is 29.1. The zero-order valence-corrected chi connectivity index (χ0v) is 20.3. The number of aromatic nitrogens is 3. The number of nitrogens with zero attached hydrogens (tertiary/aromatic N) is 5. The van der Waals surface area contributed by atoms with Crippen LogP contribution >= 0.6 is 0 Å². The van der Waals surface area contributed by atoms with Crippen molar-refractivity contribution in [3.8, 4) is 5.75 Å². The van der Waals surface area contributed by atoms with Gasteiger partial charge in [-0.15, -0.1) is 0 Å². The van der Waals surface area contributed by atoms with Crippen LogP contribution < -0.4 is 9.21 Å². The summed E-state index contributed by atoms with van der Waals surface area (Å²) >= 11 is 0. The maximum atomic E-state index is 13.9. The molecule has 0 saturated heterocycles. The smallest absolute Gasteiger partial charge is 0.265 e. The minimum atomic E-state index is -3.97. The van der Waals surface area contributed by atoms with Gasteiger partial charge in [-0.2, -0.15) is 5.10 Å². The first-order chi connectivity index (χ1) is 16.7. The molecule has 0 saturated carbocycles. The quantitative estimate of drug-likeness (QED) is 0.424. The highest BCUT2D eigenvalue weighted by Crippen LogP contribution is 2.32. The summed E-state index contributed by atoms with van der Waals surface area (Å²) in [5, 5.41) is 14.7. The lowest BCUT2D eigenvalue weighted by Crippen LogP contribution is -2.34. The number of carbonyl (C=O) groups excluding carboxylic acids is 1. The number of carbonyl (C=O) groups is 1. The third kappa shape index (κ3) is 4.73. The molecule has 9 nitrogen and oxygen atoms in total. The predicted octanol–water partition coefficient (Wildman–Crippen LogP) is 3.50. The molecule has 4 aromatic rings. The van der Waals surface area contributed by atoms with Crippen LogP contribution in [0.2, 0.25) is 0 Å². The van der Waals surface area contributed by atoms with Crippen LogP contribution in [0, 0.1) is 6.92 Å². The predicted molar refractivity (Wildman–Crippen MR) is 133 cm³/mol. The standard InChI is InChI=1S/C25H25N5O4S/c1-18-11-13-20(14-12-18)35(33,34)29(3)24-21(16-27-28(24)2)25(32)30(17-19-8-6-7-15-26-19)22-9-4-5-10-23(22)31/h4-16,31H,17H2,1-3H3. The molecule has 1 amide bonds. The second kappa shape index (κ2) is 9.59. The number of aryl methyl sites for hydroxylation is 2. The molecule has 35 heavy (non-hydrogen) atoms. The van der Waals surface area contributed by atoms with Crippen LogP contribution in [0.4, 0.5) is 11.5 Å². The number of phenolic OH excluding ortho intramolecular Hbond substituents is 1. The van der Waals surface area contributed by atoms with Gasteiger partial charge in [-0.25, -0.2) is 8.42 Å². The van der Waals surface area contributed by atoms with E-state index in [0.29, 0.717) is 5.69 Å². The average Bonchev–Trinajstić information content (AvgIpc) is 3.24. The first-order valence-electron chi connectivity index (χ1n) is 10.8. The van der Waals surface area contributed by atoms with Gasteiger partial charge in [-0.1, -0.05) is 35.9 Å². The van der Waals surface area contributed by atoms with E-state index in [1.807, 2.05) is 6.92 Å². The molecular formula is C25H25N5O4S. The lowest BCUT2D eigenvalue weighted by Gasteiger charge is -2.25. The summed E-state index contributed by atoms with van der Waals surface area (Å²) in [6.45, 7) is 1.92. The Hall–Kier alpha value is -4.18. The van der Waals surface area contributed by atoms with E-state index in [1.54, 1.807) is 61.8 Å². The van der Waals surface area contributed by atoms with Gasteiger partial charge in [-0.05, 0) is 43.3 Å². The van der Waals surface area contributed by atoms with E-state index in [1.165, 1.54) is 41.0 Å².